The van der Waals surface area contributed by atoms with Crippen LogP contribution in [-0.4, -0.2) is 32.2 Å². The Labute approximate surface area is 103 Å². The maximum absolute atomic E-state index is 11.3. The van der Waals surface area contributed by atoms with Crippen molar-refractivity contribution in [2.45, 2.75) is 37.2 Å². The Morgan fingerprint density at radius 3 is 2.41 bits per heavy atom. The number of sulfone groups is 1. The van der Waals surface area contributed by atoms with Crippen molar-refractivity contribution in [2.24, 2.45) is 0 Å². The Balaban J connectivity index is 2.08. The van der Waals surface area contributed by atoms with Crippen molar-refractivity contribution in [1.29, 1.82) is 0 Å². The van der Waals surface area contributed by atoms with Crippen molar-refractivity contribution in [3.05, 3.63) is 29.8 Å². The van der Waals surface area contributed by atoms with E-state index in [1.54, 1.807) is 12.1 Å². The molecule has 1 aromatic rings. The van der Waals surface area contributed by atoms with Gasteiger partial charge in [-0.15, -0.1) is 0 Å². The van der Waals surface area contributed by atoms with E-state index in [1.165, 1.54) is 24.7 Å². The summed E-state index contributed by atoms with van der Waals surface area (Å²) in [6.45, 7) is 4.32. The van der Waals surface area contributed by atoms with Gasteiger partial charge in [0.15, 0.2) is 9.84 Å². The summed E-state index contributed by atoms with van der Waals surface area (Å²) < 4.78 is 22.7. The fourth-order valence-corrected chi connectivity index (χ4v) is 2.93. The van der Waals surface area contributed by atoms with Gasteiger partial charge in [0, 0.05) is 18.8 Å². The molecule has 4 heteroatoms. The molecule has 0 aliphatic carbocycles. The van der Waals surface area contributed by atoms with Crippen LogP contribution in [0.3, 0.4) is 0 Å². The maximum atomic E-state index is 11.3. The molecule has 0 saturated carbocycles. The smallest absolute Gasteiger partial charge is 0.175 e. The molecule has 2 rings (SSSR count). The van der Waals surface area contributed by atoms with Crippen molar-refractivity contribution < 1.29 is 8.42 Å². The SMILES string of the molecule is CC1CCCN1Cc1ccc(S(C)(=O)=O)cc1. The van der Waals surface area contributed by atoms with E-state index in [9.17, 15) is 8.42 Å². The molecule has 94 valence electrons. The molecular formula is C13H19NO2S. The third kappa shape index (κ3) is 3.07. The van der Waals surface area contributed by atoms with E-state index in [4.69, 9.17) is 0 Å². The third-order valence-electron chi connectivity index (χ3n) is 3.43. The molecule has 0 N–H and O–H groups in total. The van der Waals surface area contributed by atoms with Crippen LogP contribution in [0.5, 0.6) is 0 Å². The number of likely N-dealkylation sites (tertiary alicyclic amines) is 1. The second-order valence-electron chi connectivity index (χ2n) is 4.88. The highest BCUT2D eigenvalue weighted by molar-refractivity contribution is 7.90. The van der Waals surface area contributed by atoms with Crippen LogP contribution >= 0.6 is 0 Å². The fraction of sp³-hybridized carbons (Fsp3) is 0.538. The molecule has 0 aromatic heterocycles. The third-order valence-corrected chi connectivity index (χ3v) is 4.56. The van der Waals surface area contributed by atoms with Crippen molar-refractivity contribution in [3.8, 4) is 0 Å². The molecule has 0 amide bonds. The monoisotopic (exact) mass is 253 g/mol. The Morgan fingerprint density at radius 1 is 1.29 bits per heavy atom. The Hall–Kier alpha value is -0.870. The summed E-state index contributed by atoms with van der Waals surface area (Å²) in [5, 5.41) is 0. The molecule has 17 heavy (non-hydrogen) atoms. The van der Waals surface area contributed by atoms with E-state index >= 15 is 0 Å². The number of nitrogens with zero attached hydrogens (tertiary/aromatic N) is 1. The molecule has 0 spiro atoms. The van der Waals surface area contributed by atoms with Gasteiger partial charge in [0.1, 0.15) is 0 Å². The highest BCUT2D eigenvalue weighted by Crippen LogP contribution is 2.20. The van der Waals surface area contributed by atoms with Gasteiger partial charge in [-0.25, -0.2) is 8.42 Å². The summed E-state index contributed by atoms with van der Waals surface area (Å²) in [6.07, 6.45) is 3.77. The summed E-state index contributed by atoms with van der Waals surface area (Å²) in [5.74, 6) is 0. The van der Waals surface area contributed by atoms with Crippen LogP contribution in [0.1, 0.15) is 25.3 Å². The molecule has 1 unspecified atom stereocenters. The summed E-state index contributed by atoms with van der Waals surface area (Å²) in [4.78, 5) is 2.84. The molecule has 1 aliphatic heterocycles. The quantitative estimate of drug-likeness (QED) is 0.827. The topological polar surface area (TPSA) is 37.4 Å². The van der Waals surface area contributed by atoms with E-state index in [-0.39, 0.29) is 0 Å². The molecule has 1 fully saturated rings. The van der Waals surface area contributed by atoms with E-state index in [1.807, 2.05) is 12.1 Å². The first-order chi connectivity index (χ1) is 7.97. The van der Waals surface area contributed by atoms with Crippen LogP contribution in [-0.2, 0) is 16.4 Å². The second kappa shape index (κ2) is 4.78. The summed E-state index contributed by atoms with van der Waals surface area (Å²) in [5.41, 5.74) is 1.19. The standard InChI is InChI=1S/C13H19NO2S/c1-11-4-3-9-14(11)10-12-5-7-13(8-6-12)17(2,15)16/h5-8,11H,3-4,9-10H2,1-2H3. The van der Waals surface area contributed by atoms with Gasteiger partial charge >= 0.3 is 0 Å². The second-order valence-corrected chi connectivity index (χ2v) is 6.89. The zero-order valence-electron chi connectivity index (χ0n) is 10.4. The first-order valence-corrected chi connectivity index (χ1v) is 7.89. The molecule has 1 aliphatic rings. The zero-order chi connectivity index (χ0) is 12.5. The summed E-state index contributed by atoms with van der Waals surface area (Å²) in [7, 11) is -3.07. The lowest BCUT2D eigenvalue weighted by Crippen LogP contribution is -2.26. The Morgan fingerprint density at radius 2 is 1.94 bits per heavy atom. The lowest BCUT2D eigenvalue weighted by Gasteiger charge is -2.20. The molecule has 1 atom stereocenters. The minimum Gasteiger partial charge on any atom is -0.296 e. The predicted octanol–water partition coefficient (Wildman–Crippen LogP) is 2.07. The average Bonchev–Trinajstić information content (AvgIpc) is 2.64. The normalized spacial score (nSPS) is 21.9. The highest BCUT2D eigenvalue weighted by Gasteiger charge is 2.19. The van der Waals surface area contributed by atoms with Gasteiger partial charge in [0.05, 0.1) is 4.90 Å². The van der Waals surface area contributed by atoms with Crippen LogP contribution in [0, 0.1) is 0 Å². The number of hydrogen-bond acceptors (Lipinski definition) is 3. The highest BCUT2D eigenvalue weighted by atomic mass is 32.2. The minimum atomic E-state index is -3.07. The molecule has 1 aromatic carbocycles. The number of benzene rings is 1. The van der Waals surface area contributed by atoms with Gasteiger partial charge in [-0.2, -0.15) is 0 Å². The molecule has 1 heterocycles. The molecule has 0 radical (unpaired) electrons. The van der Waals surface area contributed by atoms with Crippen molar-refractivity contribution in [2.75, 3.05) is 12.8 Å². The van der Waals surface area contributed by atoms with Crippen LogP contribution < -0.4 is 0 Å². The van der Waals surface area contributed by atoms with Crippen molar-refractivity contribution in [3.63, 3.8) is 0 Å². The van der Waals surface area contributed by atoms with Gasteiger partial charge < -0.3 is 0 Å². The first kappa shape index (κ1) is 12.6. The predicted molar refractivity (Wildman–Crippen MR) is 68.7 cm³/mol. The maximum Gasteiger partial charge on any atom is 0.175 e. The Kier molecular flexibility index (Phi) is 3.54. The molecule has 1 saturated heterocycles. The van der Waals surface area contributed by atoms with Gasteiger partial charge in [-0.05, 0) is 44.0 Å². The van der Waals surface area contributed by atoms with Crippen LogP contribution in [0.15, 0.2) is 29.2 Å². The van der Waals surface area contributed by atoms with Crippen LogP contribution in [0.2, 0.25) is 0 Å². The lowest BCUT2D eigenvalue weighted by atomic mass is 10.2. The van der Waals surface area contributed by atoms with Gasteiger partial charge in [0.25, 0.3) is 0 Å². The number of hydrogen-bond donors (Lipinski definition) is 0. The lowest BCUT2D eigenvalue weighted by molar-refractivity contribution is 0.260. The molecule has 3 nitrogen and oxygen atoms in total. The van der Waals surface area contributed by atoms with Crippen LogP contribution in [0.4, 0.5) is 0 Å². The molecule has 0 bridgehead atoms. The van der Waals surface area contributed by atoms with Crippen LogP contribution in [0.25, 0.3) is 0 Å². The zero-order valence-corrected chi connectivity index (χ0v) is 11.2. The van der Waals surface area contributed by atoms with Gasteiger partial charge in [0.2, 0.25) is 0 Å². The fourth-order valence-electron chi connectivity index (χ4n) is 2.30. The van der Waals surface area contributed by atoms with E-state index < -0.39 is 9.84 Å². The van der Waals surface area contributed by atoms with Crippen molar-refractivity contribution >= 4 is 9.84 Å². The van der Waals surface area contributed by atoms with Gasteiger partial charge in [-0.1, -0.05) is 12.1 Å². The van der Waals surface area contributed by atoms with Gasteiger partial charge in [-0.3, -0.25) is 4.90 Å². The summed E-state index contributed by atoms with van der Waals surface area (Å²) >= 11 is 0. The largest absolute Gasteiger partial charge is 0.296 e. The van der Waals surface area contributed by atoms with E-state index in [2.05, 4.69) is 11.8 Å². The molecular weight excluding hydrogens is 234 g/mol. The first-order valence-electron chi connectivity index (χ1n) is 6.00. The minimum absolute atomic E-state index is 0.399. The van der Waals surface area contributed by atoms with Crippen molar-refractivity contribution in [1.82, 2.24) is 4.90 Å². The summed E-state index contributed by atoms with van der Waals surface area (Å²) in [6, 6.07) is 7.88. The van der Waals surface area contributed by atoms with E-state index in [0.29, 0.717) is 10.9 Å². The van der Waals surface area contributed by atoms with E-state index in [0.717, 1.165) is 13.1 Å². The Bertz CT molecular complexity index is 479. The average molecular weight is 253 g/mol. The number of rotatable bonds is 3.